The van der Waals surface area contributed by atoms with Gasteiger partial charge in [0, 0.05) is 22.6 Å². The fourth-order valence-corrected chi connectivity index (χ4v) is 3.14. The lowest BCUT2D eigenvalue weighted by Crippen LogP contribution is -2.01. The summed E-state index contributed by atoms with van der Waals surface area (Å²) in [7, 11) is 0. The highest BCUT2D eigenvalue weighted by molar-refractivity contribution is 7.08. The zero-order valence-electron chi connectivity index (χ0n) is 13.3. The summed E-state index contributed by atoms with van der Waals surface area (Å²) in [4.78, 5) is 23.7. The van der Waals surface area contributed by atoms with Gasteiger partial charge >= 0.3 is 0 Å². The maximum absolute atomic E-state index is 12.4. The first-order valence-corrected chi connectivity index (χ1v) is 8.32. The highest BCUT2D eigenvalue weighted by atomic mass is 32.1. The summed E-state index contributed by atoms with van der Waals surface area (Å²) >= 11 is 1.41. The Morgan fingerprint density at radius 3 is 2.64 bits per heavy atom. The van der Waals surface area contributed by atoms with E-state index in [1.54, 1.807) is 17.5 Å². The Morgan fingerprint density at radius 2 is 2.00 bits per heavy atom. The normalized spacial score (nSPS) is 11.5. The van der Waals surface area contributed by atoms with Crippen LogP contribution < -0.4 is 0 Å². The molecule has 0 aliphatic carbocycles. The van der Waals surface area contributed by atoms with Gasteiger partial charge in [-0.05, 0) is 35.1 Å². The summed E-state index contributed by atoms with van der Waals surface area (Å²) in [5.74, 6) is -0.703. The standard InChI is InChI=1S/C17H14N4O3S/c1-10(22)12-4-2-11(3-5-12)6-13-8-25-9-14(13)15(23)7-16(24)17-18-20-21-19-17/h2-5,7-9,24H,6H2,1H3,(H,18,19,20,21). The number of nitrogens with one attached hydrogen (secondary N) is 1. The molecule has 0 bridgehead atoms. The monoisotopic (exact) mass is 354 g/mol. The predicted octanol–water partition coefficient (Wildman–Crippen LogP) is 2.84. The molecular formula is C17H14N4O3S. The quantitative estimate of drug-likeness (QED) is 0.400. The molecule has 25 heavy (non-hydrogen) atoms. The number of thiophene rings is 1. The van der Waals surface area contributed by atoms with Crippen LogP contribution in [0.2, 0.25) is 0 Å². The van der Waals surface area contributed by atoms with Crippen molar-refractivity contribution >= 4 is 28.7 Å². The third-order valence-electron chi connectivity index (χ3n) is 3.60. The Morgan fingerprint density at radius 1 is 1.24 bits per heavy atom. The van der Waals surface area contributed by atoms with Crippen LogP contribution in [-0.2, 0) is 6.42 Å². The molecule has 0 amide bonds. The van der Waals surface area contributed by atoms with Crippen LogP contribution in [0, 0.1) is 0 Å². The number of aliphatic hydroxyl groups is 1. The molecule has 3 rings (SSSR count). The van der Waals surface area contributed by atoms with E-state index in [2.05, 4.69) is 20.6 Å². The zero-order valence-corrected chi connectivity index (χ0v) is 14.1. The van der Waals surface area contributed by atoms with Crippen molar-refractivity contribution < 1.29 is 14.7 Å². The van der Waals surface area contributed by atoms with E-state index in [1.807, 2.05) is 17.5 Å². The van der Waals surface area contributed by atoms with Gasteiger partial charge in [-0.15, -0.1) is 10.2 Å². The van der Waals surface area contributed by atoms with Crippen molar-refractivity contribution in [1.29, 1.82) is 0 Å². The van der Waals surface area contributed by atoms with Gasteiger partial charge in [0.15, 0.2) is 17.3 Å². The first-order chi connectivity index (χ1) is 12.0. The maximum Gasteiger partial charge on any atom is 0.239 e. The van der Waals surface area contributed by atoms with E-state index in [9.17, 15) is 14.7 Å². The fourth-order valence-electron chi connectivity index (χ4n) is 2.29. The van der Waals surface area contributed by atoms with Gasteiger partial charge in [-0.3, -0.25) is 9.59 Å². The van der Waals surface area contributed by atoms with Gasteiger partial charge in [0.05, 0.1) is 0 Å². The van der Waals surface area contributed by atoms with E-state index in [0.29, 0.717) is 17.5 Å². The second-order valence-electron chi connectivity index (χ2n) is 5.37. The minimum absolute atomic E-state index is 0.0139. The van der Waals surface area contributed by atoms with E-state index < -0.39 is 0 Å². The molecule has 0 saturated carbocycles. The molecule has 0 aliphatic heterocycles. The molecule has 2 aromatic heterocycles. The average molecular weight is 354 g/mol. The van der Waals surface area contributed by atoms with E-state index in [1.165, 1.54) is 18.3 Å². The molecule has 8 heteroatoms. The van der Waals surface area contributed by atoms with Gasteiger partial charge in [0.2, 0.25) is 5.82 Å². The number of nitrogens with zero attached hydrogens (tertiary/aromatic N) is 3. The van der Waals surface area contributed by atoms with E-state index in [0.717, 1.165) is 17.2 Å². The van der Waals surface area contributed by atoms with Crippen molar-refractivity contribution in [3.63, 3.8) is 0 Å². The first-order valence-electron chi connectivity index (χ1n) is 7.38. The Hall–Kier alpha value is -3.13. The molecule has 3 aromatic rings. The van der Waals surface area contributed by atoms with Crippen LogP contribution >= 0.6 is 11.3 Å². The average Bonchev–Trinajstić information content (AvgIpc) is 3.27. The lowest BCUT2D eigenvalue weighted by Gasteiger charge is -2.04. The van der Waals surface area contributed by atoms with Gasteiger partial charge in [-0.2, -0.15) is 16.6 Å². The van der Waals surface area contributed by atoms with E-state index in [-0.39, 0.29) is 23.2 Å². The molecule has 1 aromatic carbocycles. The number of allylic oxidation sites excluding steroid dienone is 1. The van der Waals surface area contributed by atoms with E-state index in [4.69, 9.17) is 0 Å². The summed E-state index contributed by atoms with van der Waals surface area (Å²) in [6.07, 6.45) is 1.63. The lowest BCUT2D eigenvalue weighted by atomic mass is 10.00. The molecule has 0 saturated heterocycles. The number of tetrazole rings is 1. The number of benzene rings is 1. The number of aromatic amines is 1. The molecule has 2 N–H and O–H groups in total. The molecule has 2 heterocycles. The topological polar surface area (TPSA) is 109 Å². The molecular weight excluding hydrogens is 340 g/mol. The van der Waals surface area contributed by atoms with Crippen LogP contribution in [0.5, 0.6) is 0 Å². The number of ketones is 2. The Balaban J connectivity index is 1.79. The summed E-state index contributed by atoms with van der Waals surface area (Å²) in [5.41, 5.74) is 3.00. The lowest BCUT2D eigenvalue weighted by molar-refractivity contribution is 0.101. The van der Waals surface area contributed by atoms with Crippen molar-refractivity contribution in [2.45, 2.75) is 13.3 Å². The van der Waals surface area contributed by atoms with Crippen LogP contribution in [0.3, 0.4) is 0 Å². The summed E-state index contributed by atoms with van der Waals surface area (Å²) < 4.78 is 0. The van der Waals surface area contributed by atoms with Gasteiger partial charge in [0.25, 0.3) is 0 Å². The third-order valence-corrected chi connectivity index (χ3v) is 4.40. The molecule has 0 fully saturated rings. The number of carbonyl (C=O) groups is 2. The second kappa shape index (κ2) is 7.18. The number of carbonyl (C=O) groups excluding carboxylic acids is 2. The molecule has 0 aliphatic rings. The van der Waals surface area contributed by atoms with Gasteiger partial charge < -0.3 is 5.11 Å². The minimum Gasteiger partial charge on any atom is -0.504 e. The zero-order chi connectivity index (χ0) is 17.8. The second-order valence-corrected chi connectivity index (χ2v) is 6.11. The molecule has 126 valence electrons. The van der Waals surface area contributed by atoms with Crippen molar-refractivity contribution in [1.82, 2.24) is 20.6 Å². The van der Waals surface area contributed by atoms with Crippen LogP contribution in [-0.4, -0.2) is 37.3 Å². The van der Waals surface area contributed by atoms with Crippen molar-refractivity contribution in [3.05, 3.63) is 69.2 Å². The Labute approximate surface area is 147 Å². The van der Waals surface area contributed by atoms with Gasteiger partial charge in [-0.25, -0.2) is 0 Å². The number of rotatable bonds is 6. The predicted molar refractivity (Wildman–Crippen MR) is 92.7 cm³/mol. The number of H-pyrrole nitrogens is 1. The van der Waals surface area contributed by atoms with Crippen LogP contribution in [0.1, 0.15) is 44.6 Å². The van der Waals surface area contributed by atoms with Crippen molar-refractivity contribution in [3.8, 4) is 0 Å². The number of hydrogen-bond donors (Lipinski definition) is 2. The van der Waals surface area contributed by atoms with Crippen molar-refractivity contribution in [2.75, 3.05) is 0 Å². The molecule has 0 radical (unpaired) electrons. The first kappa shape index (κ1) is 16.7. The molecule has 0 spiro atoms. The summed E-state index contributed by atoms with van der Waals surface area (Å²) in [6.45, 7) is 1.52. The highest BCUT2D eigenvalue weighted by Gasteiger charge is 2.14. The largest absolute Gasteiger partial charge is 0.504 e. The Bertz CT molecular complexity index is 927. The van der Waals surface area contributed by atoms with E-state index >= 15 is 0 Å². The molecule has 7 nitrogen and oxygen atoms in total. The summed E-state index contributed by atoms with van der Waals surface area (Å²) in [5, 5.41) is 26.3. The minimum atomic E-state index is -0.346. The van der Waals surface area contributed by atoms with Crippen LogP contribution in [0.25, 0.3) is 5.76 Å². The Kier molecular flexibility index (Phi) is 4.80. The van der Waals surface area contributed by atoms with Gasteiger partial charge in [0.1, 0.15) is 0 Å². The smallest absolute Gasteiger partial charge is 0.239 e. The van der Waals surface area contributed by atoms with Crippen LogP contribution in [0.15, 0.2) is 41.1 Å². The number of aromatic nitrogens is 4. The SMILES string of the molecule is CC(=O)c1ccc(Cc2cscc2C(=O)C=C(O)c2nn[nH]n2)cc1. The highest BCUT2D eigenvalue weighted by Crippen LogP contribution is 2.21. The number of hydrogen-bond acceptors (Lipinski definition) is 7. The van der Waals surface area contributed by atoms with Crippen LogP contribution in [0.4, 0.5) is 0 Å². The van der Waals surface area contributed by atoms with Crippen molar-refractivity contribution in [2.24, 2.45) is 0 Å². The number of Topliss-reactive ketones (excluding diaryl/α,β-unsaturated/α-hetero) is 1. The number of aliphatic hydroxyl groups excluding tert-OH is 1. The summed E-state index contributed by atoms with van der Waals surface area (Å²) in [6, 6.07) is 7.28. The molecule has 0 atom stereocenters. The van der Waals surface area contributed by atoms with Gasteiger partial charge in [-0.1, -0.05) is 24.3 Å². The molecule has 0 unspecified atom stereocenters. The third kappa shape index (κ3) is 3.86. The fraction of sp³-hybridized carbons (Fsp3) is 0.118. The maximum atomic E-state index is 12.4.